The minimum absolute atomic E-state index is 0.226. The van der Waals surface area contributed by atoms with Crippen molar-refractivity contribution in [3.8, 4) is 11.6 Å². The third-order valence-electron chi connectivity index (χ3n) is 3.91. The number of hydrogen-bond donors (Lipinski definition) is 1. The number of carbonyl (C=O) groups excluding carboxylic acids is 1. The Morgan fingerprint density at radius 2 is 2.00 bits per heavy atom. The minimum Gasteiger partial charge on any atom is -0.494 e. The number of anilines is 1. The van der Waals surface area contributed by atoms with Crippen molar-refractivity contribution in [1.82, 2.24) is 19.7 Å². The zero-order valence-electron chi connectivity index (χ0n) is 15.0. The number of rotatable bonds is 3. The highest BCUT2D eigenvalue weighted by Gasteiger charge is 2.15. The van der Waals surface area contributed by atoms with Gasteiger partial charge in [0.05, 0.1) is 12.8 Å². The van der Waals surface area contributed by atoms with E-state index in [2.05, 4.69) is 10.4 Å². The molecule has 0 aliphatic carbocycles. The minimum atomic E-state index is -0.226. The maximum atomic E-state index is 12.0. The van der Waals surface area contributed by atoms with Crippen molar-refractivity contribution in [2.75, 3.05) is 26.5 Å². The fourth-order valence-corrected chi connectivity index (χ4v) is 2.63. The summed E-state index contributed by atoms with van der Waals surface area (Å²) in [6.45, 7) is 3.89. The van der Waals surface area contributed by atoms with Gasteiger partial charge < -0.3 is 9.64 Å². The summed E-state index contributed by atoms with van der Waals surface area (Å²) in [5, 5.41) is 8.34. The molecule has 3 aromatic rings. The third kappa shape index (κ3) is 3.13. The highest BCUT2D eigenvalue weighted by Crippen LogP contribution is 2.28. The van der Waals surface area contributed by atoms with Crippen molar-refractivity contribution in [2.24, 2.45) is 0 Å². The Hall–Kier alpha value is -3.09. The predicted molar refractivity (Wildman–Crippen MR) is 97.6 cm³/mol. The van der Waals surface area contributed by atoms with E-state index >= 15 is 0 Å². The zero-order valence-corrected chi connectivity index (χ0v) is 15.0. The number of amides is 2. The quantitative estimate of drug-likeness (QED) is 0.796. The van der Waals surface area contributed by atoms with Gasteiger partial charge in [-0.2, -0.15) is 9.78 Å². The molecule has 0 radical (unpaired) electrons. The average Bonchev–Trinajstić information content (AvgIpc) is 2.94. The lowest BCUT2D eigenvalue weighted by molar-refractivity contribution is 0.230. The SMILES string of the molecule is COc1cccc2c(C)cc(-n3nc(C)cc3NC(=O)N(C)C)nc12. The molecule has 0 bridgehead atoms. The van der Waals surface area contributed by atoms with Gasteiger partial charge in [-0.3, -0.25) is 5.32 Å². The van der Waals surface area contributed by atoms with Crippen LogP contribution >= 0.6 is 0 Å². The van der Waals surface area contributed by atoms with E-state index in [9.17, 15) is 4.79 Å². The first-order valence-corrected chi connectivity index (χ1v) is 7.90. The number of methoxy groups -OCH3 is 1. The third-order valence-corrected chi connectivity index (χ3v) is 3.91. The normalized spacial score (nSPS) is 10.8. The lowest BCUT2D eigenvalue weighted by Gasteiger charge is -2.14. The first-order valence-electron chi connectivity index (χ1n) is 7.90. The van der Waals surface area contributed by atoms with Crippen LogP contribution in [0.2, 0.25) is 0 Å². The molecular formula is C18H21N5O2. The Morgan fingerprint density at radius 1 is 1.24 bits per heavy atom. The molecule has 0 saturated carbocycles. The number of para-hydroxylation sites is 1. The van der Waals surface area contributed by atoms with E-state index in [-0.39, 0.29) is 6.03 Å². The van der Waals surface area contributed by atoms with Crippen molar-refractivity contribution < 1.29 is 9.53 Å². The lowest BCUT2D eigenvalue weighted by atomic mass is 10.1. The number of carbonyl (C=O) groups is 1. The summed E-state index contributed by atoms with van der Waals surface area (Å²) in [5.74, 6) is 1.89. The molecule has 25 heavy (non-hydrogen) atoms. The number of benzene rings is 1. The Bertz CT molecular complexity index is 946. The highest BCUT2D eigenvalue weighted by molar-refractivity contribution is 5.89. The number of fused-ring (bicyclic) bond motifs is 1. The molecule has 1 N–H and O–H groups in total. The fourth-order valence-electron chi connectivity index (χ4n) is 2.63. The van der Waals surface area contributed by atoms with Crippen LogP contribution in [0.15, 0.2) is 30.3 Å². The standard InChI is InChI=1S/C18H21N5O2/c1-11-9-15(19-17-13(11)7-6-8-14(17)25-5)23-16(10-12(2)21-23)20-18(24)22(3)4/h6-10H,1-5H3,(H,20,24). The number of aryl methyl sites for hydroxylation is 2. The van der Waals surface area contributed by atoms with Crippen molar-refractivity contribution in [3.05, 3.63) is 41.6 Å². The van der Waals surface area contributed by atoms with E-state index in [1.807, 2.05) is 44.2 Å². The molecule has 2 heterocycles. The van der Waals surface area contributed by atoms with Gasteiger partial charge in [0.25, 0.3) is 0 Å². The molecule has 0 fully saturated rings. The number of urea groups is 1. The molecule has 1 aromatic carbocycles. The number of aromatic nitrogens is 3. The second-order valence-corrected chi connectivity index (χ2v) is 6.06. The summed E-state index contributed by atoms with van der Waals surface area (Å²) < 4.78 is 7.07. The average molecular weight is 339 g/mol. The van der Waals surface area contributed by atoms with Gasteiger partial charge in [0.1, 0.15) is 17.1 Å². The molecule has 0 saturated heterocycles. The van der Waals surface area contributed by atoms with Gasteiger partial charge in [0.2, 0.25) is 0 Å². The molecule has 0 spiro atoms. The topological polar surface area (TPSA) is 72.3 Å². The van der Waals surface area contributed by atoms with Crippen LogP contribution < -0.4 is 10.1 Å². The molecule has 2 amide bonds. The first-order chi connectivity index (χ1) is 11.9. The second-order valence-electron chi connectivity index (χ2n) is 6.06. The summed E-state index contributed by atoms with van der Waals surface area (Å²) >= 11 is 0. The van der Waals surface area contributed by atoms with Gasteiger partial charge in [-0.15, -0.1) is 0 Å². The number of ether oxygens (including phenoxy) is 1. The monoisotopic (exact) mass is 339 g/mol. The van der Waals surface area contributed by atoms with Gasteiger partial charge in [-0.25, -0.2) is 9.78 Å². The van der Waals surface area contributed by atoms with Crippen molar-refractivity contribution in [2.45, 2.75) is 13.8 Å². The van der Waals surface area contributed by atoms with Crippen molar-refractivity contribution in [3.63, 3.8) is 0 Å². The number of hydrogen-bond acceptors (Lipinski definition) is 4. The van der Waals surface area contributed by atoms with Crippen LogP contribution in [-0.4, -0.2) is 46.9 Å². The summed E-state index contributed by atoms with van der Waals surface area (Å²) in [4.78, 5) is 18.2. The van der Waals surface area contributed by atoms with Crippen LogP contribution in [-0.2, 0) is 0 Å². The van der Waals surface area contributed by atoms with E-state index < -0.39 is 0 Å². The van der Waals surface area contributed by atoms with Crippen molar-refractivity contribution in [1.29, 1.82) is 0 Å². The number of pyridine rings is 1. The maximum absolute atomic E-state index is 12.0. The van der Waals surface area contributed by atoms with E-state index in [1.165, 1.54) is 4.90 Å². The predicted octanol–water partition coefficient (Wildman–Crippen LogP) is 3.14. The number of nitrogens with one attached hydrogen (secondary N) is 1. The Kier molecular flexibility index (Phi) is 4.31. The molecule has 0 aliphatic rings. The van der Waals surface area contributed by atoms with Gasteiger partial charge in [-0.05, 0) is 31.5 Å². The first kappa shape index (κ1) is 16.8. The molecule has 2 aromatic heterocycles. The summed E-state index contributed by atoms with van der Waals surface area (Å²) in [5.41, 5.74) is 2.60. The van der Waals surface area contributed by atoms with Crippen LogP contribution in [0.25, 0.3) is 16.7 Å². The molecule has 7 heteroatoms. The van der Waals surface area contributed by atoms with Gasteiger partial charge in [-0.1, -0.05) is 12.1 Å². The van der Waals surface area contributed by atoms with Crippen molar-refractivity contribution >= 4 is 22.8 Å². The molecular weight excluding hydrogens is 318 g/mol. The summed E-state index contributed by atoms with van der Waals surface area (Å²) in [7, 11) is 5.00. The van der Waals surface area contributed by atoms with E-state index in [0.29, 0.717) is 17.4 Å². The van der Waals surface area contributed by atoms with E-state index in [1.54, 1.807) is 25.9 Å². The maximum Gasteiger partial charge on any atom is 0.322 e. The van der Waals surface area contributed by atoms with Crippen LogP contribution in [0.1, 0.15) is 11.3 Å². The Morgan fingerprint density at radius 3 is 2.68 bits per heavy atom. The number of nitrogens with zero attached hydrogens (tertiary/aromatic N) is 4. The second kappa shape index (κ2) is 6.43. The molecule has 0 unspecified atom stereocenters. The zero-order chi connectivity index (χ0) is 18.1. The van der Waals surface area contributed by atoms with Gasteiger partial charge >= 0.3 is 6.03 Å². The molecule has 0 aliphatic heterocycles. The van der Waals surface area contributed by atoms with Crippen LogP contribution in [0, 0.1) is 13.8 Å². The summed E-state index contributed by atoms with van der Waals surface area (Å²) in [6.07, 6.45) is 0. The smallest absolute Gasteiger partial charge is 0.322 e. The van der Waals surface area contributed by atoms with Gasteiger partial charge in [0, 0.05) is 25.5 Å². The lowest BCUT2D eigenvalue weighted by Crippen LogP contribution is -2.28. The molecule has 7 nitrogen and oxygen atoms in total. The van der Waals surface area contributed by atoms with Gasteiger partial charge in [0.15, 0.2) is 5.82 Å². The molecule has 130 valence electrons. The van der Waals surface area contributed by atoms with Crippen LogP contribution in [0.4, 0.5) is 10.6 Å². The highest BCUT2D eigenvalue weighted by atomic mass is 16.5. The summed E-state index contributed by atoms with van der Waals surface area (Å²) in [6, 6.07) is 9.35. The van der Waals surface area contributed by atoms with E-state index in [0.717, 1.165) is 22.2 Å². The fraction of sp³-hybridized carbons (Fsp3) is 0.278. The largest absolute Gasteiger partial charge is 0.494 e. The molecule has 0 atom stereocenters. The van der Waals surface area contributed by atoms with Crippen LogP contribution in [0.3, 0.4) is 0 Å². The Balaban J connectivity index is 2.15. The Labute approximate surface area is 146 Å². The van der Waals surface area contributed by atoms with Crippen LogP contribution in [0.5, 0.6) is 5.75 Å². The molecule has 3 rings (SSSR count). The van der Waals surface area contributed by atoms with E-state index in [4.69, 9.17) is 9.72 Å².